The molecule has 0 fully saturated rings. The third kappa shape index (κ3) is 3.45. The van der Waals surface area contributed by atoms with Crippen LogP contribution in [-0.2, 0) is 4.79 Å². The summed E-state index contributed by atoms with van der Waals surface area (Å²) >= 11 is 1.54. The van der Waals surface area contributed by atoms with Gasteiger partial charge < -0.3 is 9.64 Å². The number of hydrogen-bond acceptors (Lipinski definition) is 3. The Morgan fingerprint density at radius 3 is 2.69 bits per heavy atom. The number of hydrogen-bond donors (Lipinski definition) is 0. The lowest BCUT2D eigenvalue weighted by molar-refractivity contribution is -0.127. The van der Waals surface area contributed by atoms with Gasteiger partial charge in [0.15, 0.2) is 0 Å². The molecule has 0 radical (unpaired) electrons. The molecule has 4 heteroatoms. The molecule has 0 saturated heterocycles. The Bertz CT molecular complexity index is 366. The van der Waals surface area contributed by atoms with E-state index in [2.05, 4.69) is 0 Å². The van der Waals surface area contributed by atoms with Crippen molar-refractivity contribution in [1.29, 1.82) is 0 Å². The Balaban J connectivity index is 2.69. The Morgan fingerprint density at radius 2 is 2.12 bits per heavy atom. The van der Waals surface area contributed by atoms with Crippen LogP contribution in [0.25, 0.3) is 0 Å². The summed E-state index contributed by atoms with van der Waals surface area (Å²) in [6, 6.07) is 7.73. The van der Waals surface area contributed by atoms with E-state index in [4.69, 9.17) is 4.74 Å². The predicted octanol–water partition coefficient (Wildman–Crippen LogP) is 2.26. The first-order chi connectivity index (χ1) is 7.54. The Labute approximate surface area is 101 Å². The molecule has 16 heavy (non-hydrogen) atoms. The molecule has 1 unspecified atom stereocenters. The van der Waals surface area contributed by atoms with E-state index in [9.17, 15) is 4.79 Å². The van der Waals surface area contributed by atoms with Crippen LogP contribution in [0.2, 0.25) is 0 Å². The summed E-state index contributed by atoms with van der Waals surface area (Å²) in [7, 11) is 5.17. The Hall–Kier alpha value is -1.16. The summed E-state index contributed by atoms with van der Waals surface area (Å²) in [5.41, 5.74) is 0. The van der Waals surface area contributed by atoms with Crippen LogP contribution in [0, 0.1) is 0 Å². The molecule has 0 spiro atoms. The van der Waals surface area contributed by atoms with Gasteiger partial charge in [-0.15, -0.1) is 11.8 Å². The van der Waals surface area contributed by atoms with Crippen LogP contribution in [0.1, 0.15) is 6.92 Å². The first-order valence-corrected chi connectivity index (χ1v) is 5.94. The lowest BCUT2D eigenvalue weighted by Crippen LogP contribution is -2.29. The molecule has 1 rings (SSSR count). The van der Waals surface area contributed by atoms with Crippen LogP contribution in [-0.4, -0.2) is 37.3 Å². The van der Waals surface area contributed by atoms with Crippen LogP contribution in [0.4, 0.5) is 0 Å². The Kier molecular flexibility index (Phi) is 4.68. The molecule has 0 aliphatic carbocycles. The van der Waals surface area contributed by atoms with Crippen LogP contribution < -0.4 is 4.74 Å². The quantitative estimate of drug-likeness (QED) is 0.755. The molecule has 0 N–H and O–H groups in total. The van der Waals surface area contributed by atoms with Crippen molar-refractivity contribution in [3.8, 4) is 5.75 Å². The van der Waals surface area contributed by atoms with Gasteiger partial charge in [-0.1, -0.05) is 6.07 Å². The molecule has 0 saturated carbocycles. The smallest absolute Gasteiger partial charge is 0.235 e. The van der Waals surface area contributed by atoms with E-state index in [1.165, 1.54) is 11.8 Å². The number of nitrogens with zero attached hydrogens (tertiary/aromatic N) is 1. The standard InChI is InChI=1S/C12H17NO2S/c1-9(12(14)13(2)3)16-11-7-5-6-10(8-11)15-4/h5-9H,1-4H3. The predicted molar refractivity (Wildman–Crippen MR) is 67.0 cm³/mol. The van der Waals surface area contributed by atoms with E-state index in [-0.39, 0.29) is 11.2 Å². The van der Waals surface area contributed by atoms with Crippen LogP contribution in [0.3, 0.4) is 0 Å². The number of amides is 1. The summed E-state index contributed by atoms with van der Waals surface area (Å²) in [6.07, 6.45) is 0. The summed E-state index contributed by atoms with van der Waals surface area (Å²) in [4.78, 5) is 14.3. The lowest BCUT2D eigenvalue weighted by atomic mass is 10.3. The monoisotopic (exact) mass is 239 g/mol. The van der Waals surface area contributed by atoms with Crippen molar-refractivity contribution in [2.75, 3.05) is 21.2 Å². The fourth-order valence-corrected chi connectivity index (χ4v) is 2.35. The van der Waals surface area contributed by atoms with Gasteiger partial charge >= 0.3 is 0 Å². The van der Waals surface area contributed by atoms with E-state index in [0.717, 1.165) is 10.6 Å². The number of carbonyl (C=O) groups excluding carboxylic acids is 1. The summed E-state index contributed by atoms with van der Waals surface area (Å²) < 4.78 is 5.14. The Morgan fingerprint density at radius 1 is 1.44 bits per heavy atom. The largest absolute Gasteiger partial charge is 0.497 e. The highest BCUT2D eigenvalue weighted by Crippen LogP contribution is 2.27. The number of thioether (sulfide) groups is 1. The maximum Gasteiger partial charge on any atom is 0.235 e. The fourth-order valence-electron chi connectivity index (χ4n) is 1.29. The average Bonchev–Trinajstić information content (AvgIpc) is 2.28. The maximum absolute atomic E-state index is 11.7. The molecule has 0 aliphatic rings. The highest BCUT2D eigenvalue weighted by molar-refractivity contribution is 8.00. The van der Waals surface area contributed by atoms with E-state index >= 15 is 0 Å². The average molecular weight is 239 g/mol. The molecule has 0 heterocycles. The van der Waals surface area contributed by atoms with E-state index in [1.54, 1.807) is 26.1 Å². The van der Waals surface area contributed by atoms with E-state index < -0.39 is 0 Å². The molecule has 88 valence electrons. The molecule has 0 aliphatic heterocycles. The van der Waals surface area contributed by atoms with Crippen molar-refractivity contribution in [1.82, 2.24) is 4.90 Å². The SMILES string of the molecule is COc1cccc(SC(C)C(=O)N(C)C)c1. The minimum atomic E-state index is -0.0814. The summed E-state index contributed by atoms with van der Waals surface area (Å²) in [5, 5.41) is -0.0814. The normalized spacial score (nSPS) is 12.0. The van der Waals surface area contributed by atoms with Gasteiger partial charge in [-0.2, -0.15) is 0 Å². The van der Waals surface area contributed by atoms with Crippen molar-refractivity contribution >= 4 is 17.7 Å². The van der Waals surface area contributed by atoms with Crippen LogP contribution in [0.5, 0.6) is 5.75 Å². The van der Waals surface area contributed by atoms with Gasteiger partial charge in [0.1, 0.15) is 5.75 Å². The maximum atomic E-state index is 11.7. The second-order valence-corrected chi connectivity index (χ2v) is 5.09. The zero-order chi connectivity index (χ0) is 12.1. The van der Waals surface area contributed by atoms with Gasteiger partial charge in [-0.25, -0.2) is 0 Å². The van der Waals surface area contributed by atoms with Gasteiger partial charge in [0, 0.05) is 19.0 Å². The summed E-state index contributed by atoms with van der Waals surface area (Å²) in [6.45, 7) is 1.91. The molecule has 1 amide bonds. The van der Waals surface area contributed by atoms with Gasteiger partial charge in [0.2, 0.25) is 5.91 Å². The molecule has 1 atom stereocenters. The number of ether oxygens (including phenoxy) is 1. The van der Waals surface area contributed by atoms with Crippen LogP contribution >= 0.6 is 11.8 Å². The highest BCUT2D eigenvalue weighted by atomic mass is 32.2. The van der Waals surface area contributed by atoms with Gasteiger partial charge in [-0.05, 0) is 25.1 Å². The molecule has 0 bridgehead atoms. The molecule has 3 nitrogen and oxygen atoms in total. The number of carbonyl (C=O) groups is 1. The third-order valence-corrected chi connectivity index (χ3v) is 3.22. The van der Waals surface area contributed by atoms with Gasteiger partial charge in [-0.3, -0.25) is 4.79 Å². The minimum absolute atomic E-state index is 0.0814. The fraction of sp³-hybridized carbons (Fsp3) is 0.417. The van der Waals surface area contributed by atoms with Crippen molar-refractivity contribution in [2.24, 2.45) is 0 Å². The van der Waals surface area contributed by atoms with Crippen molar-refractivity contribution in [3.63, 3.8) is 0 Å². The molecular weight excluding hydrogens is 222 g/mol. The zero-order valence-corrected chi connectivity index (χ0v) is 10.9. The highest BCUT2D eigenvalue weighted by Gasteiger charge is 2.15. The zero-order valence-electron chi connectivity index (χ0n) is 10.1. The van der Waals surface area contributed by atoms with Gasteiger partial charge in [0.05, 0.1) is 12.4 Å². The van der Waals surface area contributed by atoms with Crippen molar-refractivity contribution in [3.05, 3.63) is 24.3 Å². The third-order valence-electron chi connectivity index (χ3n) is 2.14. The first kappa shape index (κ1) is 12.9. The second-order valence-electron chi connectivity index (χ2n) is 3.67. The second kappa shape index (κ2) is 5.80. The molecular formula is C12H17NO2S. The number of benzene rings is 1. The number of methoxy groups -OCH3 is 1. The minimum Gasteiger partial charge on any atom is -0.497 e. The van der Waals surface area contributed by atoms with Gasteiger partial charge in [0.25, 0.3) is 0 Å². The lowest BCUT2D eigenvalue weighted by Gasteiger charge is -2.16. The van der Waals surface area contributed by atoms with Crippen molar-refractivity contribution in [2.45, 2.75) is 17.1 Å². The van der Waals surface area contributed by atoms with E-state index in [0.29, 0.717) is 0 Å². The first-order valence-electron chi connectivity index (χ1n) is 5.06. The topological polar surface area (TPSA) is 29.5 Å². The molecule has 1 aromatic carbocycles. The summed E-state index contributed by atoms with van der Waals surface area (Å²) in [5.74, 6) is 0.933. The van der Waals surface area contributed by atoms with Crippen molar-refractivity contribution < 1.29 is 9.53 Å². The number of rotatable bonds is 4. The van der Waals surface area contributed by atoms with E-state index in [1.807, 2.05) is 31.2 Å². The van der Waals surface area contributed by atoms with Crippen LogP contribution in [0.15, 0.2) is 29.2 Å². The molecule has 0 aromatic heterocycles. The molecule has 1 aromatic rings.